The van der Waals surface area contributed by atoms with Crippen molar-refractivity contribution in [2.24, 2.45) is 22.1 Å². The van der Waals surface area contributed by atoms with Gasteiger partial charge in [0.25, 0.3) is 5.91 Å². The van der Waals surface area contributed by atoms with Gasteiger partial charge in [0.2, 0.25) is 0 Å². The Labute approximate surface area is 294 Å². The van der Waals surface area contributed by atoms with Gasteiger partial charge >= 0.3 is 6.03 Å². The van der Waals surface area contributed by atoms with Gasteiger partial charge in [-0.05, 0) is 111 Å². The quantitative estimate of drug-likeness (QED) is 0.344. The van der Waals surface area contributed by atoms with Gasteiger partial charge in [0.15, 0.2) is 0 Å². The lowest BCUT2D eigenvalue weighted by molar-refractivity contribution is 0.0131. The first-order chi connectivity index (χ1) is 23.5. The molecule has 264 valence electrons. The molecule has 2 aromatic rings. The van der Waals surface area contributed by atoms with Crippen LogP contribution in [-0.2, 0) is 26.5 Å². The third kappa shape index (κ3) is 7.22. The number of methoxy groups -OCH3 is 1. The van der Waals surface area contributed by atoms with Crippen molar-refractivity contribution in [1.29, 1.82) is 0 Å². The first kappa shape index (κ1) is 34.3. The minimum absolute atomic E-state index is 0.000381. The second-order valence-electron chi connectivity index (χ2n) is 14.9. The number of amides is 3. The van der Waals surface area contributed by atoms with Crippen molar-refractivity contribution in [3.05, 3.63) is 70.3 Å². The molecule has 2 bridgehead atoms. The molecule has 3 amide bonds. The second kappa shape index (κ2) is 13.9. The van der Waals surface area contributed by atoms with Crippen LogP contribution in [0.1, 0.15) is 73.4 Å². The van der Waals surface area contributed by atoms with Crippen LogP contribution in [0.15, 0.2) is 52.9 Å². The first-order valence-corrected chi connectivity index (χ1v) is 19.6. The molecule has 2 aliphatic heterocycles. The molecule has 1 unspecified atom stereocenters. The number of hydrogen-bond donors (Lipinski definition) is 3. The molecule has 7 rings (SSSR count). The molecule has 0 aromatic heterocycles. The zero-order valence-corrected chi connectivity index (χ0v) is 29.8. The molecule has 10 nitrogen and oxygen atoms in total. The van der Waals surface area contributed by atoms with Crippen molar-refractivity contribution in [2.75, 3.05) is 37.5 Å². The maximum atomic E-state index is 14.3. The van der Waals surface area contributed by atoms with Gasteiger partial charge in [-0.25, -0.2) is 9.00 Å². The predicted octanol–water partition coefficient (Wildman–Crippen LogP) is 5.80. The number of allylic oxidation sites excluding steroid dienone is 1. The van der Waals surface area contributed by atoms with E-state index in [4.69, 9.17) is 21.1 Å². The van der Waals surface area contributed by atoms with Gasteiger partial charge in [-0.3, -0.25) is 9.52 Å². The normalized spacial score (nSPS) is 34.9. The highest BCUT2D eigenvalue weighted by Gasteiger charge is 2.44. The van der Waals surface area contributed by atoms with Gasteiger partial charge < -0.3 is 24.8 Å². The monoisotopic (exact) mass is 710 g/mol. The summed E-state index contributed by atoms with van der Waals surface area (Å²) in [7, 11) is -1.75. The molecule has 1 spiro atoms. The molecule has 2 fully saturated rings. The Kier molecular flexibility index (Phi) is 9.73. The number of benzene rings is 2. The number of nitrogens with one attached hydrogen (secondary N) is 2. The Morgan fingerprint density at radius 1 is 1.20 bits per heavy atom. The number of ether oxygens (including phenoxy) is 2. The molecule has 0 radical (unpaired) electrons. The number of nitrogens with zero attached hydrogens (tertiary/aromatic N) is 2. The number of fused-ring (bicyclic) bond motifs is 4. The highest BCUT2D eigenvalue weighted by molar-refractivity contribution is 7.92. The Bertz CT molecular complexity index is 1750. The van der Waals surface area contributed by atoms with Crippen molar-refractivity contribution in [2.45, 2.75) is 82.0 Å². The van der Waals surface area contributed by atoms with Crippen molar-refractivity contribution in [3.63, 3.8) is 0 Å². The number of halogens is 1. The maximum Gasteiger partial charge on any atom is 0.327 e. The first-order valence-electron chi connectivity index (χ1n) is 17.6. The maximum absolute atomic E-state index is 14.3. The topological polar surface area (TPSA) is 130 Å². The van der Waals surface area contributed by atoms with E-state index in [0.29, 0.717) is 50.0 Å². The van der Waals surface area contributed by atoms with Crippen LogP contribution in [0, 0.1) is 17.8 Å². The van der Waals surface area contributed by atoms with Crippen LogP contribution in [0.5, 0.6) is 5.75 Å². The van der Waals surface area contributed by atoms with E-state index >= 15 is 0 Å². The summed E-state index contributed by atoms with van der Waals surface area (Å²) in [6.45, 7) is 3.93. The molecule has 3 aliphatic carbocycles. The molecule has 2 aromatic carbocycles. The average molecular weight is 711 g/mol. The highest BCUT2D eigenvalue weighted by atomic mass is 35.5. The molecular formula is C37H47ClN4O6S. The molecule has 49 heavy (non-hydrogen) atoms. The number of carbonyl (C=O) groups excluding carboxylic acids is 2. The van der Waals surface area contributed by atoms with E-state index in [1.165, 1.54) is 11.1 Å². The van der Waals surface area contributed by atoms with E-state index in [2.05, 4.69) is 43.6 Å². The zero-order valence-electron chi connectivity index (χ0n) is 28.2. The molecule has 2 saturated carbocycles. The van der Waals surface area contributed by atoms with E-state index in [0.717, 1.165) is 49.4 Å². The smallest absolute Gasteiger partial charge is 0.327 e. The zero-order chi connectivity index (χ0) is 34.3. The summed E-state index contributed by atoms with van der Waals surface area (Å²) >= 11 is 6.44. The number of carbonyl (C=O) groups is 2. The molecule has 6 atom stereocenters. The number of hydrogen-bond acceptors (Lipinski definition) is 7. The van der Waals surface area contributed by atoms with Gasteiger partial charge in [-0.2, -0.15) is 0 Å². The minimum Gasteiger partial charge on any atom is -0.490 e. The van der Waals surface area contributed by atoms with E-state index in [9.17, 15) is 18.9 Å². The summed E-state index contributed by atoms with van der Waals surface area (Å²) in [4.78, 5) is 29.2. The Morgan fingerprint density at radius 3 is 2.80 bits per heavy atom. The fourth-order valence-electron chi connectivity index (χ4n) is 8.43. The number of aryl methyl sites for hydroxylation is 1. The lowest BCUT2D eigenvalue weighted by atomic mass is 9.68. The van der Waals surface area contributed by atoms with Crippen molar-refractivity contribution < 1.29 is 28.4 Å². The van der Waals surface area contributed by atoms with Crippen molar-refractivity contribution in [1.82, 2.24) is 10.0 Å². The summed E-state index contributed by atoms with van der Waals surface area (Å²) in [5.41, 5.74) is 3.38. The number of urea groups is 1. The van der Waals surface area contributed by atoms with Crippen molar-refractivity contribution >= 4 is 39.1 Å². The van der Waals surface area contributed by atoms with E-state index in [1.807, 2.05) is 25.1 Å². The van der Waals surface area contributed by atoms with Gasteiger partial charge in [-0.15, -0.1) is 4.36 Å². The number of rotatable bonds is 3. The minimum atomic E-state index is -3.51. The van der Waals surface area contributed by atoms with E-state index in [1.54, 1.807) is 13.2 Å². The predicted molar refractivity (Wildman–Crippen MR) is 191 cm³/mol. The summed E-state index contributed by atoms with van der Waals surface area (Å²) in [6, 6.07) is 10.7. The standard InChI is InChI=1S/C37H47ClN4O6S/c1-23-5-3-7-33(47-2)30-11-8-26(30)19-42-21-37(14-4-6-24-15-27(38)10-12-31(24)37)22-48-34-13-9-25(16-32(34)42)35(44)40-49(46,20-23)41-36(45)39-28-17-29(43)18-28/h3,7,9-10,12-13,15-16,23,26,28-30,33,43H,4-6,8,11,14,17-22H2,1-2H3,(H2,39,40,41,44,45,46)/b7-3+/t23-,26-,28-,29-,30+,33-,37-,49?/m0/s1. The second-order valence-corrected chi connectivity index (χ2v) is 17.3. The molecule has 0 saturated heterocycles. The third-order valence-corrected chi connectivity index (χ3v) is 13.4. The molecule has 5 aliphatic rings. The van der Waals surface area contributed by atoms with Crippen LogP contribution in [-0.4, -0.2) is 72.1 Å². The van der Waals surface area contributed by atoms with Crippen LogP contribution in [0.3, 0.4) is 0 Å². The fraction of sp³-hybridized carbons (Fsp3) is 0.568. The van der Waals surface area contributed by atoms with Crippen LogP contribution in [0.25, 0.3) is 0 Å². The molecule has 12 heteroatoms. The van der Waals surface area contributed by atoms with Crippen molar-refractivity contribution in [3.8, 4) is 5.75 Å². The van der Waals surface area contributed by atoms with Crippen LogP contribution in [0.4, 0.5) is 10.5 Å². The largest absolute Gasteiger partial charge is 0.490 e. The number of aliphatic hydroxyl groups is 1. The fourth-order valence-corrected chi connectivity index (χ4v) is 10.5. The highest BCUT2D eigenvalue weighted by Crippen LogP contribution is 2.47. The van der Waals surface area contributed by atoms with Gasteiger partial charge in [0.05, 0.1) is 30.3 Å². The van der Waals surface area contributed by atoms with Gasteiger partial charge in [0, 0.05) is 42.2 Å². The van der Waals surface area contributed by atoms with E-state index < -0.39 is 28.0 Å². The van der Waals surface area contributed by atoms with Crippen LogP contribution in [0.2, 0.25) is 5.02 Å². The third-order valence-electron chi connectivity index (χ3n) is 11.2. The Hall–Kier alpha value is -3.12. The Morgan fingerprint density at radius 2 is 2.04 bits per heavy atom. The summed E-state index contributed by atoms with van der Waals surface area (Å²) in [5.74, 6) is 0.626. The van der Waals surface area contributed by atoms with Crippen LogP contribution >= 0.6 is 11.6 Å². The average Bonchev–Trinajstić information content (AvgIpc) is 3.17. The summed E-state index contributed by atoms with van der Waals surface area (Å²) < 4.78 is 33.7. The lowest BCUT2D eigenvalue weighted by Gasteiger charge is -2.46. The summed E-state index contributed by atoms with van der Waals surface area (Å²) in [6.07, 6.45) is 10.3. The number of anilines is 1. The molecule has 3 N–H and O–H groups in total. The van der Waals surface area contributed by atoms with Gasteiger partial charge in [0.1, 0.15) is 15.7 Å². The van der Waals surface area contributed by atoms with Gasteiger partial charge in [-0.1, -0.05) is 36.7 Å². The van der Waals surface area contributed by atoms with E-state index in [-0.39, 0.29) is 34.8 Å². The van der Waals surface area contributed by atoms with Crippen LogP contribution < -0.4 is 19.7 Å². The Balaban J connectivity index is 1.27. The molecular weight excluding hydrogens is 664 g/mol. The lowest BCUT2D eigenvalue weighted by Crippen LogP contribution is -2.51. The SMILES string of the molecule is CO[C@H]1/C=C/C[C@H](C)CS(=O)(NC(=O)N[C@H]2C[C@H](O)C2)=NC(=O)c2ccc3c(c2)N(C[C@@H]2CC[C@H]21)C[C@@]1(CCCc2cc(Cl)ccc21)CO3. The molecule has 2 heterocycles. The summed E-state index contributed by atoms with van der Waals surface area (Å²) in [5, 5.41) is 13.1. The number of aliphatic hydroxyl groups excluding tert-OH is 1.